The molecule has 0 radical (unpaired) electrons. The third-order valence-corrected chi connectivity index (χ3v) is 6.11. The topological polar surface area (TPSA) is 84.9 Å². The molecule has 0 aromatic heterocycles. The summed E-state index contributed by atoms with van der Waals surface area (Å²) in [6.07, 6.45) is 0.0793. The molecule has 1 aliphatic carbocycles. The predicted molar refractivity (Wildman–Crippen MR) is 119 cm³/mol. The Balaban J connectivity index is 1.27. The Morgan fingerprint density at radius 2 is 1.66 bits per heavy atom. The highest BCUT2D eigenvalue weighted by atomic mass is 16.5. The van der Waals surface area contributed by atoms with Gasteiger partial charge in [-0.25, -0.2) is 4.79 Å². The van der Waals surface area contributed by atoms with Crippen molar-refractivity contribution in [2.24, 2.45) is 0 Å². The molecule has 1 heterocycles. The first kappa shape index (κ1) is 20.1. The first-order chi connectivity index (χ1) is 15.6. The van der Waals surface area contributed by atoms with E-state index < -0.39 is 12.1 Å². The van der Waals surface area contributed by atoms with Crippen molar-refractivity contribution in [3.8, 4) is 16.9 Å². The van der Waals surface area contributed by atoms with Gasteiger partial charge in [-0.3, -0.25) is 4.79 Å². The number of carboxylic acids is 1. The number of carbonyl (C=O) groups excluding carboxylic acids is 1. The zero-order chi connectivity index (χ0) is 22.1. The molecule has 162 valence electrons. The summed E-state index contributed by atoms with van der Waals surface area (Å²) in [4.78, 5) is 23.6. The van der Waals surface area contributed by atoms with Crippen molar-refractivity contribution in [1.29, 1.82) is 0 Å². The van der Waals surface area contributed by atoms with Gasteiger partial charge in [0, 0.05) is 17.9 Å². The molecule has 0 bridgehead atoms. The first-order valence-corrected chi connectivity index (χ1v) is 10.7. The van der Waals surface area contributed by atoms with Crippen molar-refractivity contribution in [3.05, 3.63) is 89.0 Å². The van der Waals surface area contributed by atoms with Crippen LogP contribution in [0.5, 0.6) is 5.75 Å². The van der Waals surface area contributed by atoms with E-state index in [1.165, 1.54) is 22.3 Å². The van der Waals surface area contributed by atoms with Crippen LogP contribution in [0, 0.1) is 0 Å². The summed E-state index contributed by atoms with van der Waals surface area (Å²) in [6.45, 7) is 0.700. The molecule has 5 rings (SSSR count). The number of nitrogens with one attached hydrogen (secondary N) is 1. The van der Waals surface area contributed by atoms with Gasteiger partial charge in [0.25, 0.3) is 0 Å². The maximum atomic E-state index is 12.7. The number of amides is 1. The van der Waals surface area contributed by atoms with Gasteiger partial charge in [0.05, 0.1) is 19.1 Å². The second kappa shape index (κ2) is 8.38. The van der Waals surface area contributed by atoms with Crippen molar-refractivity contribution in [2.75, 3.05) is 13.2 Å². The van der Waals surface area contributed by atoms with Crippen molar-refractivity contribution in [2.45, 2.75) is 24.8 Å². The van der Waals surface area contributed by atoms with Gasteiger partial charge < -0.3 is 19.9 Å². The molecule has 0 saturated heterocycles. The van der Waals surface area contributed by atoms with Crippen LogP contribution in [0.2, 0.25) is 0 Å². The summed E-state index contributed by atoms with van der Waals surface area (Å²) in [5, 5.41) is 11.9. The van der Waals surface area contributed by atoms with E-state index in [1.807, 2.05) is 30.3 Å². The lowest BCUT2D eigenvalue weighted by molar-refractivity contribution is -0.136. The summed E-state index contributed by atoms with van der Waals surface area (Å²) < 4.78 is 11.4. The molecular formula is C26H23NO5. The maximum Gasteiger partial charge on any atom is 0.407 e. The van der Waals surface area contributed by atoms with Crippen LogP contribution in [-0.4, -0.2) is 30.4 Å². The van der Waals surface area contributed by atoms with Crippen LogP contribution in [0.4, 0.5) is 4.79 Å². The summed E-state index contributed by atoms with van der Waals surface area (Å²) in [6, 6.07) is 21.5. The smallest absolute Gasteiger partial charge is 0.407 e. The highest BCUT2D eigenvalue weighted by Crippen LogP contribution is 2.44. The number of hydrogen-bond acceptors (Lipinski definition) is 4. The molecule has 0 fully saturated rings. The highest BCUT2D eigenvalue weighted by Gasteiger charge is 2.30. The van der Waals surface area contributed by atoms with E-state index >= 15 is 0 Å². The molecule has 0 unspecified atom stereocenters. The molecule has 3 aromatic carbocycles. The fourth-order valence-corrected chi connectivity index (χ4v) is 4.65. The molecular weight excluding hydrogens is 406 g/mol. The lowest BCUT2D eigenvalue weighted by atomic mass is 9.98. The molecule has 3 aromatic rings. The molecule has 1 atom stereocenters. The van der Waals surface area contributed by atoms with Crippen molar-refractivity contribution < 1.29 is 24.2 Å². The number of ether oxygens (including phenoxy) is 2. The Kier molecular flexibility index (Phi) is 5.27. The van der Waals surface area contributed by atoms with Gasteiger partial charge in [-0.05, 0) is 33.9 Å². The largest absolute Gasteiger partial charge is 0.493 e. The molecule has 2 N–H and O–H groups in total. The number of carboxylic acid groups (broad SMARTS) is 1. The maximum absolute atomic E-state index is 12.7. The van der Waals surface area contributed by atoms with Crippen LogP contribution in [0.25, 0.3) is 11.1 Å². The number of rotatable bonds is 5. The highest BCUT2D eigenvalue weighted by molar-refractivity contribution is 5.79. The van der Waals surface area contributed by atoms with Gasteiger partial charge in [0.15, 0.2) is 0 Å². The third kappa shape index (κ3) is 3.80. The second-order valence-electron chi connectivity index (χ2n) is 8.10. The van der Waals surface area contributed by atoms with E-state index in [0.717, 1.165) is 5.56 Å². The first-order valence-electron chi connectivity index (χ1n) is 10.7. The SMILES string of the molecule is O=C(O)Cc1ccc2c(c1)OCC[C@@H]2NC(=O)OCC1c2ccccc2-c2ccccc21. The van der Waals surface area contributed by atoms with E-state index in [4.69, 9.17) is 14.6 Å². The summed E-state index contributed by atoms with van der Waals surface area (Å²) >= 11 is 0. The van der Waals surface area contributed by atoms with Gasteiger partial charge in [0.2, 0.25) is 0 Å². The normalized spacial score (nSPS) is 16.3. The molecule has 6 nitrogen and oxygen atoms in total. The quantitative estimate of drug-likeness (QED) is 0.615. The second-order valence-corrected chi connectivity index (χ2v) is 8.10. The Labute approximate surface area is 185 Å². The lowest BCUT2D eigenvalue weighted by Crippen LogP contribution is -2.33. The molecule has 32 heavy (non-hydrogen) atoms. The van der Waals surface area contributed by atoms with E-state index in [-0.39, 0.29) is 25.0 Å². The van der Waals surface area contributed by atoms with Crippen LogP contribution < -0.4 is 10.1 Å². The third-order valence-electron chi connectivity index (χ3n) is 6.11. The average Bonchev–Trinajstić information content (AvgIpc) is 3.11. The number of hydrogen-bond donors (Lipinski definition) is 2. The number of fused-ring (bicyclic) bond motifs is 4. The monoisotopic (exact) mass is 429 g/mol. The molecule has 0 spiro atoms. The van der Waals surface area contributed by atoms with Crippen LogP contribution in [0.3, 0.4) is 0 Å². The lowest BCUT2D eigenvalue weighted by Gasteiger charge is -2.27. The standard InChI is InChI=1S/C26H23NO5/c28-25(29)14-16-9-10-21-23(11-12-31-24(21)13-16)27-26(30)32-15-22-19-7-3-1-5-17(19)18-6-2-4-8-20(18)22/h1-10,13,22-23H,11-12,14-15H2,(H,27,30)(H,28,29)/t23-/m0/s1. The minimum absolute atomic E-state index is 0.00806. The van der Waals surface area contributed by atoms with E-state index in [0.29, 0.717) is 24.3 Å². The fourth-order valence-electron chi connectivity index (χ4n) is 4.65. The average molecular weight is 429 g/mol. The molecule has 2 aliphatic rings. The van der Waals surface area contributed by atoms with E-state index in [1.54, 1.807) is 12.1 Å². The van der Waals surface area contributed by atoms with Gasteiger partial charge in [-0.15, -0.1) is 0 Å². The Morgan fingerprint density at radius 1 is 0.969 bits per heavy atom. The van der Waals surface area contributed by atoms with Crippen molar-refractivity contribution in [1.82, 2.24) is 5.32 Å². The summed E-state index contributed by atoms with van der Waals surface area (Å²) in [5.41, 5.74) is 6.21. The van der Waals surface area contributed by atoms with Crippen LogP contribution >= 0.6 is 0 Å². The number of carbonyl (C=O) groups is 2. The number of benzene rings is 3. The van der Waals surface area contributed by atoms with Gasteiger partial charge >= 0.3 is 12.1 Å². The van der Waals surface area contributed by atoms with Gasteiger partial charge in [-0.2, -0.15) is 0 Å². The summed E-state index contributed by atoms with van der Waals surface area (Å²) in [7, 11) is 0. The molecule has 1 aliphatic heterocycles. The van der Waals surface area contributed by atoms with Crippen LogP contribution in [-0.2, 0) is 16.0 Å². The Morgan fingerprint density at radius 3 is 2.34 bits per heavy atom. The number of aliphatic carboxylic acids is 1. The Hall–Kier alpha value is -3.80. The molecule has 1 amide bonds. The van der Waals surface area contributed by atoms with E-state index in [2.05, 4.69) is 29.6 Å². The van der Waals surface area contributed by atoms with Crippen molar-refractivity contribution in [3.63, 3.8) is 0 Å². The minimum Gasteiger partial charge on any atom is -0.493 e. The fraction of sp³-hybridized carbons (Fsp3) is 0.231. The zero-order valence-corrected chi connectivity index (χ0v) is 17.4. The van der Waals surface area contributed by atoms with Gasteiger partial charge in [0.1, 0.15) is 12.4 Å². The molecule has 6 heteroatoms. The zero-order valence-electron chi connectivity index (χ0n) is 17.4. The van der Waals surface area contributed by atoms with E-state index in [9.17, 15) is 9.59 Å². The Bertz CT molecular complexity index is 1140. The minimum atomic E-state index is -0.894. The predicted octanol–water partition coefficient (Wildman–Crippen LogP) is 4.68. The van der Waals surface area contributed by atoms with Crippen molar-refractivity contribution >= 4 is 12.1 Å². The van der Waals surface area contributed by atoms with Gasteiger partial charge in [-0.1, -0.05) is 60.7 Å². The van der Waals surface area contributed by atoms with Crippen LogP contribution in [0.15, 0.2) is 66.7 Å². The summed E-state index contributed by atoms with van der Waals surface area (Å²) in [5.74, 6) is -0.276. The van der Waals surface area contributed by atoms with Crippen LogP contribution in [0.1, 0.15) is 40.6 Å². The molecule has 0 saturated carbocycles. The number of alkyl carbamates (subject to hydrolysis) is 1.